The monoisotopic (exact) mass is 355 g/mol. The fraction of sp³-hybridized carbons (Fsp3) is 0.316. The first kappa shape index (κ1) is 17.4. The standard InChI is InChI=1S/C19H21N3O2S/c1-21(14-16-8-5-13-25-16)18(23)9-10-19(24)22-12-11-17(20-22)15-6-3-2-4-7-15/h2-8,13H,9-12,14H2,1H3. The maximum Gasteiger partial charge on any atom is 0.243 e. The summed E-state index contributed by atoms with van der Waals surface area (Å²) in [5.41, 5.74) is 1.97. The van der Waals surface area contributed by atoms with Crippen LogP contribution in [0, 0.1) is 0 Å². The zero-order chi connectivity index (χ0) is 17.6. The lowest BCUT2D eigenvalue weighted by atomic mass is 10.1. The average Bonchev–Trinajstić information content (AvgIpc) is 3.32. The van der Waals surface area contributed by atoms with Gasteiger partial charge in [0.05, 0.1) is 18.8 Å². The molecule has 0 atom stereocenters. The minimum Gasteiger partial charge on any atom is -0.341 e. The summed E-state index contributed by atoms with van der Waals surface area (Å²) < 4.78 is 0. The van der Waals surface area contributed by atoms with Crippen molar-refractivity contribution >= 4 is 28.9 Å². The molecule has 0 fully saturated rings. The predicted octanol–water partition coefficient (Wildman–Crippen LogP) is 3.12. The number of rotatable bonds is 6. The van der Waals surface area contributed by atoms with Crippen molar-refractivity contribution in [3.63, 3.8) is 0 Å². The lowest BCUT2D eigenvalue weighted by Gasteiger charge is -2.17. The lowest BCUT2D eigenvalue weighted by Crippen LogP contribution is -2.29. The Bertz CT molecular complexity index is 756. The van der Waals surface area contributed by atoms with Gasteiger partial charge < -0.3 is 4.90 Å². The molecule has 2 aromatic rings. The Balaban J connectivity index is 1.49. The average molecular weight is 355 g/mol. The van der Waals surface area contributed by atoms with Crippen LogP contribution in [0.5, 0.6) is 0 Å². The van der Waals surface area contributed by atoms with E-state index in [0.29, 0.717) is 13.1 Å². The first-order valence-corrected chi connectivity index (χ1v) is 9.21. The molecule has 1 aliphatic rings. The largest absolute Gasteiger partial charge is 0.341 e. The predicted molar refractivity (Wildman–Crippen MR) is 99.3 cm³/mol. The van der Waals surface area contributed by atoms with Crippen LogP contribution in [0.1, 0.15) is 29.7 Å². The normalized spacial score (nSPS) is 13.6. The summed E-state index contributed by atoms with van der Waals surface area (Å²) in [6, 6.07) is 13.8. The van der Waals surface area contributed by atoms with E-state index in [-0.39, 0.29) is 24.7 Å². The van der Waals surface area contributed by atoms with E-state index in [2.05, 4.69) is 5.10 Å². The molecule has 0 aliphatic carbocycles. The molecule has 0 N–H and O–H groups in total. The van der Waals surface area contributed by atoms with Crippen LogP contribution in [0.15, 0.2) is 52.9 Å². The molecule has 3 rings (SSSR count). The highest BCUT2D eigenvalue weighted by Gasteiger charge is 2.22. The van der Waals surface area contributed by atoms with Crippen molar-refractivity contribution in [1.82, 2.24) is 9.91 Å². The highest BCUT2D eigenvalue weighted by Crippen LogP contribution is 2.16. The highest BCUT2D eigenvalue weighted by atomic mass is 32.1. The van der Waals surface area contributed by atoms with Crippen LogP contribution in [0.4, 0.5) is 0 Å². The van der Waals surface area contributed by atoms with Gasteiger partial charge in [0.25, 0.3) is 0 Å². The van der Waals surface area contributed by atoms with E-state index < -0.39 is 0 Å². The van der Waals surface area contributed by atoms with Gasteiger partial charge in [-0.15, -0.1) is 11.3 Å². The molecule has 2 heterocycles. The fourth-order valence-electron chi connectivity index (χ4n) is 2.73. The number of thiophene rings is 1. The Morgan fingerprint density at radius 1 is 1.16 bits per heavy atom. The van der Waals surface area contributed by atoms with Crippen LogP contribution in [0.3, 0.4) is 0 Å². The molecular formula is C19H21N3O2S. The lowest BCUT2D eigenvalue weighted by molar-refractivity contribution is -0.136. The van der Waals surface area contributed by atoms with Gasteiger partial charge in [-0.25, -0.2) is 5.01 Å². The number of nitrogens with zero attached hydrogens (tertiary/aromatic N) is 3. The van der Waals surface area contributed by atoms with Gasteiger partial charge in [-0.1, -0.05) is 36.4 Å². The molecule has 0 unspecified atom stereocenters. The Morgan fingerprint density at radius 2 is 1.96 bits per heavy atom. The number of hydrazone groups is 1. The van der Waals surface area contributed by atoms with Gasteiger partial charge in [0.15, 0.2) is 0 Å². The molecular weight excluding hydrogens is 334 g/mol. The number of benzene rings is 1. The van der Waals surface area contributed by atoms with Crippen LogP contribution < -0.4 is 0 Å². The Labute approximate surface area is 151 Å². The first-order chi connectivity index (χ1) is 12.1. The third-order valence-corrected chi connectivity index (χ3v) is 5.01. The molecule has 130 valence electrons. The summed E-state index contributed by atoms with van der Waals surface area (Å²) >= 11 is 1.62. The van der Waals surface area contributed by atoms with Gasteiger partial charge in [0, 0.05) is 31.2 Å². The highest BCUT2D eigenvalue weighted by molar-refractivity contribution is 7.09. The third-order valence-electron chi connectivity index (χ3n) is 4.15. The molecule has 0 saturated carbocycles. The fourth-order valence-corrected chi connectivity index (χ4v) is 3.49. The van der Waals surface area contributed by atoms with E-state index in [1.807, 2.05) is 47.8 Å². The van der Waals surface area contributed by atoms with Gasteiger partial charge in [-0.05, 0) is 17.0 Å². The summed E-state index contributed by atoms with van der Waals surface area (Å²) in [5, 5.41) is 7.91. The van der Waals surface area contributed by atoms with Gasteiger partial charge in [-0.2, -0.15) is 5.10 Å². The summed E-state index contributed by atoms with van der Waals surface area (Å²) in [6.45, 7) is 1.17. The van der Waals surface area contributed by atoms with Crippen molar-refractivity contribution in [2.75, 3.05) is 13.6 Å². The second kappa shape index (κ2) is 8.07. The van der Waals surface area contributed by atoms with Gasteiger partial charge in [-0.3, -0.25) is 9.59 Å². The number of carbonyl (C=O) groups excluding carboxylic acids is 2. The van der Waals surface area contributed by atoms with Gasteiger partial charge >= 0.3 is 0 Å². The summed E-state index contributed by atoms with van der Waals surface area (Å²) in [6.07, 6.45) is 1.16. The van der Waals surface area contributed by atoms with Crippen molar-refractivity contribution < 1.29 is 9.59 Å². The second-order valence-electron chi connectivity index (χ2n) is 6.01. The SMILES string of the molecule is CN(Cc1cccs1)C(=O)CCC(=O)N1CCC(c2ccccc2)=N1. The Kier molecular flexibility index (Phi) is 5.60. The molecule has 1 aliphatic heterocycles. The maximum absolute atomic E-state index is 12.3. The van der Waals surface area contributed by atoms with E-state index in [4.69, 9.17) is 0 Å². The minimum atomic E-state index is -0.0937. The van der Waals surface area contributed by atoms with E-state index >= 15 is 0 Å². The molecule has 1 aromatic carbocycles. The van der Waals surface area contributed by atoms with Crippen molar-refractivity contribution in [3.05, 3.63) is 58.3 Å². The first-order valence-electron chi connectivity index (χ1n) is 8.33. The topological polar surface area (TPSA) is 53.0 Å². The van der Waals surface area contributed by atoms with Crippen LogP contribution in [0.25, 0.3) is 0 Å². The molecule has 2 amide bonds. The summed E-state index contributed by atoms with van der Waals surface area (Å²) in [5.74, 6) is -0.114. The van der Waals surface area contributed by atoms with Crippen molar-refractivity contribution in [3.8, 4) is 0 Å². The molecule has 0 radical (unpaired) electrons. The zero-order valence-corrected chi connectivity index (χ0v) is 15.0. The number of carbonyl (C=O) groups is 2. The quantitative estimate of drug-likeness (QED) is 0.799. The van der Waals surface area contributed by atoms with Gasteiger partial charge in [0.1, 0.15) is 0 Å². The van der Waals surface area contributed by atoms with Crippen molar-refractivity contribution in [2.45, 2.75) is 25.8 Å². The van der Waals surface area contributed by atoms with E-state index in [0.717, 1.165) is 22.6 Å². The second-order valence-corrected chi connectivity index (χ2v) is 7.04. The molecule has 0 saturated heterocycles. The molecule has 6 heteroatoms. The zero-order valence-electron chi connectivity index (χ0n) is 14.2. The van der Waals surface area contributed by atoms with Crippen molar-refractivity contribution in [1.29, 1.82) is 0 Å². The van der Waals surface area contributed by atoms with Crippen LogP contribution in [-0.4, -0.2) is 41.0 Å². The third kappa shape index (κ3) is 4.54. The molecule has 0 bridgehead atoms. The van der Waals surface area contributed by atoms with E-state index in [9.17, 15) is 9.59 Å². The molecule has 1 aromatic heterocycles. The smallest absolute Gasteiger partial charge is 0.243 e. The van der Waals surface area contributed by atoms with Crippen LogP contribution in [0.2, 0.25) is 0 Å². The maximum atomic E-state index is 12.3. The van der Waals surface area contributed by atoms with Crippen LogP contribution >= 0.6 is 11.3 Å². The number of hydrogen-bond donors (Lipinski definition) is 0. The van der Waals surface area contributed by atoms with Gasteiger partial charge in [0.2, 0.25) is 11.8 Å². The molecule has 25 heavy (non-hydrogen) atoms. The Morgan fingerprint density at radius 3 is 2.68 bits per heavy atom. The minimum absolute atomic E-state index is 0.0202. The molecule has 5 nitrogen and oxygen atoms in total. The summed E-state index contributed by atoms with van der Waals surface area (Å²) in [7, 11) is 1.77. The molecule has 0 spiro atoms. The van der Waals surface area contributed by atoms with Crippen molar-refractivity contribution in [2.24, 2.45) is 5.10 Å². The van der Waals surface area contributed by atoms with Crippen LogP contribution in [-0.2, 0) is 16.1 Å². The van der Waals surface area contributed by atoms with E-state index in [1.165, 1.54) is 5.01 Å². The van der Waals surface area contributed by atoms with E-state index in [1.54, 1.807) is 23.3 Å². The number of hydrogen-bond acceptors (Lipinski definition) is 4. The number of amides is 2. The summed E-state index contributed by atoms with van der Waals surface area (Å²) in [4.78, 5) is 27.3. The Hall–Kier alpha value is -2.47.